The maximum Gasteiger partial charge on any atom is 0.244 e. The molecule has 0 radical (unpaired) electrons. The Morgan fingerprint density at radius 1 is 1.11 bits per heavy atom. The highest BCUT2D eigenvalue weighted by Crippen LogP contribution is 2.31. The molecule has 0 spiro atoms. The van der Waals surface area contributed by atoms with Crippen LogP contribution in [0.3, 0.4) is 0 Å². The molecular formula is C21H18Cl2N2O2. The SMILES string of the molecule is Cc1ccc(CC(=O)N/N=C\c2ccc(-c3ccc(Cl)cc3Cl)o2)c(C)c1. The predicted octanol–water partition coefficient (Wildman–Crippen LogP) is 5.56. The van der Waals surface area contributed by atoms with Crippen molar-refractivity contribution >= 4 is 35.3 Å². The van der Waals surface area contributed by atoms with Crippen LogP contribution >= 0.6 is 23.2 Å². The minimum Gasteiger partial charge on any atom is -0.455 e. The Kier molecular flexibility index (Phi) is 5.99. The van der Waals surface area contributed by atoms with Crippen molar-refractivity contribution in [3.05, 3.63) is 81.0 Å². The highest BCUT2D eigenvalue weighted by atomic mass is 35.5. The molecule has 27 heavy (non-hydrogen) atoms. The molecule has 0 aliphatic heterocycles. The first-order valence-electron chi connectivity index (χ1n) is 8.35. The molecule has 0 atom stereocenters. The second-order valence-corrected chi connectivity index (χ2v) is 7.07. The average molecular weight is 401 g/mol. The van der Waals surface area contributed by atoms with Crippen LogP contribution in [0.1, 0.15) is 22.5 Å². The third-order valence-corrected chi connectivity index (χ3v) is 4.60. The number of halogens is 2. The lowest BCUT2D eigenvalue weighted by atomic mass is 10.0. The van der Waals surface area contributed by atoms with E-state index < -0.39 is 0 Å². The van der Waals surface area contributed by atoms with Gasteiger partial charge in [0, 0.05) is 10.6 Å². The maximum absolute atomic E-state index is 12.1. The number of rotatable bonds is 5. The number of hydrogen-bond donors (Lipinski definition) is 1. The molecule has 4 nitrogen and oxygen atoms in total. The number of benzene rings is 2. The number of carbonyl (C=O) groups excluding carboxylic acids is 1. The van der Waals surface area contributed by atoms with Crippen molar-refractivity contribution in [3.8, 4) is 11.3 Å². The number of amides is 1. The number of furan rings is 1. The topological polar surface area (TPSA) is 54.6 Å². The summed E-state index contributed by atoms with van der Waals surface area (Å²) in [6, 6.07) is 14.7. The first-order valence-corrected chi connectivity index (χ1v) is 9.11. The van der Waals surface area contributed by atoms with Gasteiger partial charge in [-0.1, -0.05) is 47.0 Å². The maximum atomic E-state index is 12.1. The zero-order valence-corrected chi connectivity index (χ0v) is 16.4. The van der Waals surface area contributed by atoms with Crippen LogP contribution in [-0.4, -0.2) is 12.1 Å². The van der Waals surface area contributed by atoms with Gasteiger partial charge < -0.3 is 4.42 Å². The summed E-state index contributed by atoms with van der Waals surface area (Å²) >= 11 is 12.1. The van der Waals surface area contributed by atoms with Crippen LogP contribution in [0, 0.1) is 13.8 Å². The number of nitrogens with zero attached hydrogens (tertiary/aromatic N) is 1. The van der Waals surface area contributed by atoms with Gasteiger partial charge in [-0.2, -0.15) is 5.10 Å². The molecule has 1 heterocycles. The lowest BCUT2D eigenvalue weighted by molar-refractivity contribution is -0.120. The fourth-order valence-electron chi connectivity index (χ4n) is 2.68. The van der Waals surface area contributed by atoms with Crippen LogP contribution in [0.4, 0.5) is 0 Å². The summed E-state index contributed by atoms with van der Waals surface area (Å²) < 4.78 is 5.69. The molecule has 0 fully saturated rings. The van der Waals surface area contributed by atoms with E-state index in [1.807, 2.05) is 26.0 Å². The van der Waals surface area contributed by atoms with E-state index in [1.165, 1.54) is 11.8 Å². The molecule has 3 rings (SSSR count). The van der Waals surface area contributed by atoms with Crippen molar-refractivity contribution in [1.29, 1.82) is 0 Å². The number of nitrogens with one attached hydrogen (secondary N) is 1. The third kappa shape index (κ3) is 5.00. The molecule has 0 saturated heterocycles. The highest BCUT2D eigenvalue weighted by molar-refractivity contribution is 6.36. The van der Waals surface area contributed by atoms with Crippen LogP contribution in [0.25, 0.3) is 11.3 Å². The van der Waals surface area contributed by atoms with Gasteiger partial charge in [-0.25, -0.2) is 5.43 Å². The molecule has 2 aromatic carbocycles. The number of carbonyl (C=O) groups is 1. The molecule has 1 N–H and O–H groups in total. The molecule has 0 aliphatic carbocycles. The Morgan fingerprint density at radius 2 is 1.93 bits per heavy atom. The average Bonchev–Trinajstić information content (AvgIpc) is 3.06. The van der Waals surface area contributed by atoms with E-state index in [-0.39, 0.29) is 12.3 Å². The van der Waals surface area contributed by atoms with Gasteiger partial charge in [0.2, 0.25) is 5.91 Å². The first-order chi connectivity index (χ1) is 12.9. The van der Waals surface area contributed by atoms with Gasteiger partial charge in [0.1, 0.15) is 11.5 Å². The van der Waals surface area contributed by atoms with E-state index in [4.69, 9.17) is 27.6 Å². The molecule has 1 amide bonds. The Labute approximate surface area is 167 Å². The molecule has 0 unspecified atom stereocenters. The first kappa shape index (κ1) is 19.2. The fourth-order valence-corrected chi connectivity index (χ4v) is 3.18. The van der Waals surface area contributed by atoms with Gasteiger partial charge in [-0.05, 0) is 55.3 Å². The smallest absolute Gasteiger partial charge is 0.244 e. The van der Waals surface area contributed by atoms with Crippen LogP contribution in [-0.2, 0) is 11.2 Å². The summed E-state index contributed by atoms with van der Waals surface area (Å²) in [6.45, 7) is 4.02. The van der Waals surface area contributed by atoms with Crippen LogP contribution in [0.15, 0.2) is 58.0 Å². The molecular weight excluding hydrogens is 383 g/mol. The zero-order chi connectivity index (χ0) is 19.4. The molecule has 3 aromatic rings. The van der Waals surface area contributed by atoms with Gasteiger partial charge in [0.05, 0.1) is 17.7 Å². The van der Waals surface area contributed by atoms with Crippen molar-refractivity contribution in [2.24, 2.45) is 5.10 Å². The van der Waals surface area contributed by atoms with Crippen LogP contribution in [0.5, 0.6) is 0 Å². The minimum atomic E-state index is -0.189. The largest absolute Gasteiger partial charge is 0.455 e. The van der Waals surface area contributed by atoms with Crippen LogP contribution in [0.2, 0.25) is 10.0 Å². The number of hydrazone groups is 1. The van der Waals surface area contributed by atoms with Gasteiger partial charge in [-0.15, -0.1) is 0 Å². The normalized spacial score (nSPS) is 11.1. The summed E-state index contributed by atoms with van der Waals surface area (Å²) in [5.41, 5.74) is 6.49. The summed E-state index contributed by atoms with van der Waals surface area (Å²) in [6.07, 6.45) is 1.72. The second-order valence-electron chi connectivity index (χ2n) is 6.23. The number of hydrogen-bond acceptors (Lipinski definition) is 3. The lowest BCUT2D eigenvalue weighted by Gasteiger charge is -2.05. The second kappa shape index (κ2) is 8.42. The number of aryl methyl sites for hydroxylation is 2. The van der Waals surface area contributed by atoms with Gasteiger partial charge in [-0.3, -0.25) is 4.79 Å². The quantitative estimate of drug-likeness (QED) is 0.449. The Hall–Kier alpha value is -2.56. The third-order valence-electron chi connectivity index (χ3n) is 4.05. The predicted molar refractivity (Wildman–Crippen MR) is 110 cm³/mol. The summed E-state index contributed by atoms with van der Waals surface area (Å²) in [5.74, 6) is 0.910. The molecule has 138 valence electrons. The Balaban J connectivity index is 1.61. The van der Waals surface area contributed by atoms with E-state index in [0.29, 0.717) is 21.6 Å². The van der Waals surface area contributed by atoms with Crippen LogP contribution < -0.4 is 5.43 Å². The molecule has 0 bridgehead atoms. The van der Waals surface area contributed by atoms with E-state index in [2.05, 4.69) is 16.6 Å². The molecule has 0 aliphatic rings. The van der Waals surface area contributed by atoms with Gasteiger partial charge in [0.15, 0.2) is 0 Å². The van der Waals surface area contributed by atoms with Crippen molar-refractivity contribution in [3.63, 3.8) is 0 Å². The van der Waals surface area contributed by atoms with Crippen molar-refractivity contribution in [1.82, 2.24) is 5.43 Å². The van der Waals surface area contributed by atoms with E-state index in [1.54, 1.807) is 30.3 Å². The molecule has 0 saturated carbocycles. The van der Waals surface area contributed by atoms with Crippen molar-refractivity contribution < 1.29 is 9.21 Å². The van der Waals surface area contributed by atoms with Gasteiger partial charge in [0.25, 0.3) is 0 Å². The lowest BCUT2D eigenvalue weighted by Crippen LogP contribution is -2.20. The van der Waals surface area contributed by atoms with E-state index >= 15 is 0 Å². The summed E-state index contributed by atoms with van der Waals surface area (Å²) in [4.78, 5) is 12.1. The molecule has 1 aromatic heterocycles. The zero-order valence-electron chi connectivity index (χ0n) is 14.9. The van der Waals surface area contributed by atoms with E-state index in [9.17, 15) is 4.79 Å². The Bertz CT molecular complexity index is 1010. The van der Waals surface area contributed by atoms with Crippen molar-refractivity contribution in [2.75, 3.05) is 0 Å². The summed E-state index contributed by atoms with van der Waals surface area (Å²) in [7, 11) is 0. The molecule has 6 heteroatoms. The van der Waals surface area contributed by atoms with Crippen molar-refractivity contribution in [2.45, 2.75) is 20.3 Å². The highest BCUT2D eigenvalue weighted by Gasteiger charge is 2.09. The standard InChI is InChI=1S/C21H18Cl2N2O2/c1-13-3-4-15(14(2)9-13)10-21(26)25-24-12-17-6-8-20(27-17)18-7-5-16(22)11-19(18)23/h3-9,11-12H,10H2,1-2H3,(H,25,26)/b24-12-. The van der Waals surface area contributed by atoms with E-state index in [0.717, 1.165) is 16.7 Å². The monoisotopic (exact) mass is 400 g/mol. The summed E-state index contributed by atoms with van der Waals surface area (Å²) in [5, 5.41) is 5.02. The van der Waals surface area contributed by atoms with Gasteiger partial charge >= 0.3 is 0 Å². The Morgan fingerprint density at radius 3 is 2.67 bits per heavy atom. The fraction of sp³-hybridized carbons (Fsp3) is 0.143. The minimum absolute atomic E-state index is 0.189.